The van der Waals surface area contributed by atoms with Crippen molar-refractivity contribution in [3.05, 3.63) is 40.5 Å². The van der Waals surface area contributed by atoms with Crippen molar-refractivity contribution in [1.82, 2.24) is 9.97 Å². The SMILES string of the molecule is Cc1nc(-c2ccc(F)cc2)c(Br)[nH]1. The molecule has 14 heavy (non-hydrogen) atoms. The van der Waals surface area contributed by atoms with Crippen LogP contribution in [0.5, 0.6) is 0 Å². The van der Waals surface area contributed by atoms with E-state index in [0.717, 1.165) is 21.7 Å². The van der Waals surface area contributed by atoms with Crippen LogP contribution in [-0.2, 0) is 0 Å². The molecule has 0 saturated heterocycles. The lowest BCUT2D eigenvalue weighted by Crippen LogP contribution is -1.80. The van der Waals surface area contributed by atoms with Gasteiger partial charge in [0.2, 0.25) is 0 Å². The van der Waals surface area contributed by atoms with E-state index in [2.05, 4.69) is 25.9 Å². The summed E-state index contributed by atoms with van der Waals surface area (Å²) >= 11 is 3.36. The van der Waals surface area contributed by atoms with Gasteiger partial charge in [-0.25, -0.2) is 9.37 Å². The van der Waals surface area contributed by atoms with Gasteiger partial charge in [-0.1, -0.05) is 0 Å². The Hall–Kier alpha value is -1.16. The molecule has 4 heteroatoms. The summed E-state index contributed by atoms with van der Waals surface area (Å²) in [5.74, 6) is 0.591. The Morgan fingerprint density at radius 3 is 2.43 bits per heavy atom. The lowest BCUT2D eigenvalue weighted by molar-refractivity contribution is 0.628. The minimum Gasteiger partial charge on any atom is -0.336 e. The molecule has 2 rings (SSSR count). The standard InChI is InChI=1S/C10H8BrFN2/c1-6-13-9(10(11)14-6)7-2-4-8(12)5-3-7/h2-5H,1H3,(H,13,14). The maximum Gasteiger partial charge on any atom is 0.123 e. The van der Waals surface area contributed by atoms with E-state index in [1.807, 2.05) is 6.92 Å². The lowest BCUT2D eigenvalue weighted by Gasteiger charge is -1.96. The molecule has 0 spiro atoms. The first-order valence-electron chi connectivity index (χ1n) is 4.15. The number of halogens is 2. The van der Waals surface area contributed by atoms with Gasteiger partial charge in [0.1, 0.15) is 21.9 Å². The Bertz CT molecular complexity index is 448. The van der Waals surface area contributed by atoms with Gasteiger partial charge in [-0.15, -0.1) is 0 Å². The fourth-order valence-electron chi connectivity index (χ4n) is 1.26. The molecule has 2 nitrogen and oxygen atoms in total. The Kier molecular flexibility index (Phi) is 2.37. The fourth-order valence-corrected chi connectivity index (χ4v) is 1.87. The highest BCUT2D eigenvalue weighted by Gasteiger charge is 2.07. The molecule has 0 aliphatic heterocycles. The van der Waals surface area contributed by atoms with Gasteiger partial charge < -0.3 is 4.98 Å². The van der Waals surface area contributed by atoms with Gasteiger partial charge in [-0.3, -0.25) is 0 Å². The molecule has 1 N–H and O–H groups in total. The predicted octanol–water partition coefficient (Wildman–Crippen LogP) is 3.29. The van der Waals surface area contributed by atoms with Gasteiger partial charge in [0.25, 0.3) is 0 Å². The molecule has 0 unspecified atom stereocenters. The van der Waals surface area contributed by atoms with Crippen LogP contribution in [0.15, 0.2) is 28.9 Å². The Morgan fingerprint density at radius 2 is 1.93 bits per heavy atom. The first-order chi connectivity index (χ1) is 6.66. The molecule has 72 valence electrons. The van der Waals surface area contributed by atoms with Gasteiger partial charge in [-0.05, 0) is 47.1 Å². The average Bonchev–Trinajstić information content (AvgIpc) is 2.47. The minimum absolute atomic E-state index is 0.239. The first kappa shape index (κ1) is 9.40. The van der Waals surface area contributed by atoms with Crippen LogP contribution in [0.2, 0.25) is 0 Å². The molecule has 1 aromatic carbocycles. The molecule has 0 atom stereocenters. The van der Waals surface area contributed by atoms with E-state index >= 15 is 0 Å². The molecule has 0 fully saturated rings. The van der Waals surface area contributed by atoms with Gasteiger partial charge in [0.15, 0.2) is 0 Å². The van der Waals surface area contributed by atoms with Crippen molar-refractivity contribution in [3.63, 3.8) is 0 Å². The topological polar surface area (TPSA) is 28.7 Å². The second-order valence-corrected chi connectivity index (χ2v) is 3.78. The summed E-state index contributed by atoms with van der Waals surface area (Å²) in [6.07, 6.45) is 0. The lowest BCUT2D eigenvalue weighted by atomic mass is 10.2. The molecule has 0 amide bonds. The summed E-state index contributed by atoms with van der Waals surface area (Å²) in [7, 11) is 0. The maximum absolute atomic E-state index is 12.7. The molecule has 0 saturated carbocycles. The number of hydrogen-bond donors (Lipinski definition) is 1. The average molecular weight is 255 g/mol. The number of hydrogen-bond acceptors (Lipinski definition) is 1. The van der Waals surface area contributed by atoms with E-state index in [-0.39, 0.29) is 5.82 Å². The molecule has 0 radical (unpaired) electrons. The van der Waals surface area contributed by atoms with E-state index < -0.39 is 0 Å². The minimum atomic E-state index is -0.239. The number of aromatic nitrogens is 2. The molecule has 1 aromatic heterocycles. The van der Waals surface area contributed by atoms with E-state index in [0.29, 0.717) is 0 Å². The highest BCUT2D eigenvalue weighted by molar-refractivity contribution is 9.10. The van der Waals surface area contributed by atoms with Gasteiger partial charge in [0, 0.05) is 5.56 Å². The van der Waals surface area contributed by atoms with Crippen molar-refractivity contribution < 1.29 is 4.39 Å². The van der Waals surface area contributed by atoms with E-state index in [1.165, 1.54) is 12.1 Å². The van der Waals surface area contributed by atoms with Crippen LogP contribution < -0.4 is 0 Å². The van der Waals surface area contributed by atoms with Gasteiger partial charge >= 0.3 is 0 Å². The molecule has 1 heterocycles. The zero-order valence-corrected chi connectivity index (χ0v) is 9.10. The number of imidazole rings is 1. The van der Waals surface area contributed by atoms with Crippen LogP contribution in [0.25, 0.3) is 11.3 Å². The fraction of sp³-hybridized carbons (Fsp3) is 0.100. The number of benzene rings is 1. The van der Waals surface area contributed by atoms with Crippen LogP contribution in [0.4, 0.5) is 4.39 Å². The summed E-state index contributed by atoms with van der Waals surface area (Å²) < 4.78 is 13.5. The predicted molar refractivity (Wildman–Crippen MR) is 56.4 cm³/mol. The summed E-state index contributed by atoms with van der Waals surface area (Å²) in [5, 5.41) is 0. The second kappa shape index (κ2) is 3.53. The van der Waals surface area contributed by atoms with Crippen molar-refractivity contribution >= 4 is 15.9 Å². The number of H-pyrrole nitrogens is 1. The third-order valence-electron chi connectivity index (χ3n) is 1.90. The van der Waals surface area contributed by atoms with Crippen LogP contribution in [-0.4, -0.2) is 9.97 Å². The third-order valence-corrected chi connectivity index (χ3v) is 2.47. The number of aryl methyl sites for hydroxylation is 1. The van der Waals surface area contributed by atoms with Crippen molar-refractivity contribution in [2.75, 3.05) is 0 Å². The number of rotatable bonds is 1. The normalized spacial score (nSPS) is 10.5. The smallest absolute Gasteiger partial charge is 0.123 e. The Labute approximate surface area is 89.3 Å². The number of nitrogens with one attached hydrogen (secondary N) is 1. The zero-order valence-electron chi connectivity index (χ0n) is 7.51. The highest BCUT2D eigenvalue weighted by atomic mass is 79.9. The van der Waals surface area contributed by atoms with Crippen molar-refractivity contribution in [2.45, 2.75) is 6.92 Å². The molecular formula is C10H8BrFN2. The van der Waals surface area contributed by atoms with E-state index in [4.69, 9.17) is 0 Å². The summed E-state index contributed by atoms with van der Waals surface area (Å²) in [4.78, 5) is 7.32. The van der Waals surface area contributed by atoms with Crippen molar-refractivity contribution in [3.8, 4) is 11.3 Å². The van der Waals surface area contributed by atoms with Crippen molar-refractivity contribution in [2.24, 2.45) is 0 Å². The summed E-state index contributed by atoms with van der Waals surface area (Å²) in [6.45, 7) is 1.87. The van der Waals surface area contributed by atoms with E-state index in [1.54, 1.807) is 12.1 Å². The van der Waals surface area contributed by atoms with Crippen LogP contribution in [0, 0.1) is 12.7 Å². The Morgan fingerprint density at radius 1 is 1.29 bits per heavy atom. The largest absolute Gasteiger partial charge is 0.336 e. The van der Waals surface area contributed by atoms with Crippen molar-refractivity contribution in [1.29, 1.82) is 0 Å². The van der Waals surface area contributed by atoms with Crippen LogP contribution in [0.1, 0.15) is 5.82 Å². The molecule has 0 bridgehead atoms. The Balaban J connectivity index is 2.49. The summed E-state index contributed by atoms with van der Waals surface area (Å²) in [6, 6.07) is 6.25. The zero-order chi connectivity index (χ0) is 10.1. The van der Waals surface area contributed by atoms with Crippen LogP contribution in [0.3, 0.4) is 0 Å². The quantitative estimate of drug-likeness (QED) is 0.832. The molecule has 2 aromatic rings. The molecule has 0 aliphatic rings. The molecule has 0 aliphatic carbocycles. The first-order valence-corrected chi connectivity index (χ1v) is 4.94. The number of nitrogens with zero attached hydrogens (tertiary/aromatic N) is 1. The summed E-state index contributed by atoms with van der Waals surface area (Å²) in [5.41, 5.74) is 1.70. The van der Waals surface area contributed by atoms with Gasteiger partial charge in [-0.2, -0.15) is 0 Å². The van der Waals surface area contributed by atoms with E-state index in [9.17, 15) is 4.39 Å². The van der Waals surface area contributed by atoms with Gasteiger partial charge in [0.05, 0.1) is 0 Å². The van der Waals surface area contributed by atoms with Crippen LogP contribution >= 0.6 is 15.9 Å². The third kappa shape index (κ3) is 1.70. The highest BCUT2D eigenvalue weighted by Crippen LogP contribution is 2.25. The number of aromatic amines is 1. The second-order valence-electron chi connectivity index (χ2n) is 2.99. The maximum atomic E-state index is 12.7. The monoisotopic (exact) mass is 254 g/mol. The molecular weight excluding hydrogens is 247 g/mol.